The zero-order chi connectivity index (χ0) is 15.2. The van der Waals surface area contributed by atoms with E-state index < -0.39 is 17.6 Å². The summed E-state index contributed by atoms with van der Waals surface area (Å²) in [6.07, 6.45) is -4.54. The van der Waals surface area contributed by atoms with Crippen molar-refractivity contribution in [2.75, 3.05) is 0 Å². The second-order valence-corrected chi connectivity index (χ2v) is 4.88. The Kier molecular flexibility index (Phi) is 3.13. The maximum Gasteiger partial charge on any atom is 0.416 e. The van der Waals surface area contributed by atoms with Crippen LogP contribution in [-0.4, -0.2) is 9.97 Å². The second kappa shape index (κ2) is 4.73. The molecule has 1 heterocycles. The highest BCUT2D eigenvalue weighted by Crippen LogP contribution is 2.33. The number of H-pyrrole nitrogens is 1. The number of hydrogen-bond donors (Lipinski definition) is 1. The zero-order valence-electron chi connectivity index (χ0n) is 10.3. The van der Waals surface area contributed by atoms with Crippen LogP contribution in [-0.2, 0) is 6.18 Å². The van der Waals surface area contributed by atoms with E-state index in [1.165, 1.54) is 0 Å². The Bertz CT molecular complexity index is 823. The van der Waals surface area contributed by atoms with Crippen LogP contribution in [0.3, 0.4) is 0 Å². The van der Waals surface area contributed by atoms with Crippen LogP contribution in [0, 0.1) is 5.82 Å². The summed E-state index contributed by atoms with van der Waals surface area (Å²) in [6.45, 7) is 0. The molecule has 0 aliphatic heterocycles. The Morgan fingerprint density at radius 3 is 2.52 bits per heavy atom. The molecule has 0 atom stereocenters. The number of fused-ring (bicyclic) bond motifs is 1. The van der Waals surface area contributed by atoms with Crippen LogP contribution in [0.15, 0.2) is 36.4 Å². The van der Waals surface area contributed by atoms with Crippen LogP contribution < -0.4 is 0 Å². The van der Waals surface area contributed by atoms with E-state index in [1.807, 2.05) is 0 Å². The Morgan fingerprint density at radius 1 is 1.05 bits per heavy atom. The third-order valence-corrected chi connectivity index (χ3v) is 3.23. The monoisotopic (exact) mass is 314 g/mol. The zero-order valence-corrected chi connectivity index (χ0v) is 11.1. The van der Waals surface area contributed by atoms with E-state index in [2.05, 4.69) is 9.97 Å². The molecule has 0 saturated carbocycles. The number of nitrogens with one attached hydrogen (secondary N) is 1. The van der Waals surface area contributed by atoms with Gasteiger partial charge < -0.3 is 4.98 Å². The fourth-order valence-electron chi connectivity index (χ4n) is 1.99. The summed E-state index contributed by atoms with van der Waals surface area (Å²) in [4.78, 5) is 6.86. The largest absolute Gasteiger partial charge is 0.416 e. The average Bonchev–Trinajstić information content (AvgIpc) is 2.80. The number of halogens is 5. The van der Waals surface area contributed by atoms with Gasteiger partial charge in [0.25, 0.3) is 0 Å². The first-order chi connectivity index (χ1) is 9.84. The summed E-state index contributed by atoms with van der Waals surface area (Å²) in [5, 5.41) is 0.446. The Morgan fingerprint density at radius 2 is 1.81 bits per heavy atom. The minimum atomic E-state index is -4.54. The lowest BCUT2D eigenvalue weighted by atomic mass is 10.1. The maximum absolute atomic E-state index is 13.8. The molecule has 2 nitrogen and oxygen atoms in total. The molecule has 0 aliphatic carbocycles. The highest BCUT2D eigenvalue weighted by Gasteiger charge is 2.31. The molecule has 108 valence electrons. The molecule has 1 aromatic heterocycles. The molecule has 0 fully saturated rings. The fraction of sp³-hybridized carbons (Fsp3) is 0.0714. The number of imidazole rings is 1. The van der Waals surface area contributed by atoms with Crippen LogP contribution in [0.2, 0.25) is 5.02 Å². The molecule has 0 bridgehead atoms. The first kappa shape index (κ1) is 13.9. The fourth-order valence-corrected chi connectivity index (χ4v) is 2.16. The van der Waals surface area contributed by atoms with Crippen molar-refractivity contribution < 1.29 is 17.6 Å². The number of aromatic nitrogens is 2. The van der Waals surface area contributed by atoms with Crippen molar-refractivity contribution in [3.05, 3.63) is 52.8 Å². The van der Waals surface area contributed by atoms with Gasteiger partial charge in [-0.25, -0.2) is 9.37 Å². The summed E-state index contributed by atoms with van der Waals surface area (Å²) in [5.41, 5.74) is -0.157. The lowest BCUT2D eigenvalue weighted by Crippen LogP contribution is -2.05. The van der Waals surface area contributed by atoms with Crippen molar-refractivity contribution in [2.45, 2.75) is 6.18 Å². The highest BCUT2D eigenvalue weighted by molar-refractivity contribution is 6.31. The van der Waals surface area contributed by atoms with Gasteiger partial charge in [0.15, 0.2) is 0 Å². The third-order valence-electron chi connectivity index (χ3n) is 2.99. The minimum absolute atomic E-state index is 0.0240. The molecule has 3 aromatic rings. The molecule has 7 heteroatoms. The van der Waals surface area contributed by atoms with Crippen molar-refractivity contribution in [1.82, 2.24) is 9.97 Å². The molecule has 0 amide bonds. The summed E-state index contributed by atoms with van der Waals surface area (Å²) < 4.78 is 51.9. The first-order valence-corrected chi connectivity index (χ1v) is 6.25. The van der Waals surface area contributed by atoms with Gasteiger partial charge in [-0.3, -0.25) is 0 Å². The van der Waals surface area contributed by atoms with Crippen molar-refractivity contribution in [1.29, 1.82) is 0 Å². The van der Waals surface area contributed by atoms with E-state index in [-0.39, 0.29) is 11.4 Å². The van der Waals surface area contributed by atoms with Crippen LogP contribution in [0.4, 0.5) is 17.6 Å². The van der Waals surface area contributed by atoms with E-state index in [1.54, 1.807) is 18.2 Å². The van der Waals surface area contributed by atoms with Crippen molar-refractivity contribution in [2.24, 2.45) is 0 Å². The quantitative estimate of drug-likeness (QED) is 0.626. The Labute approximate surface area is 121 Å². The van der Waals surface area contributed by atoms with Gasteiger partial charge in [0.2, 0.25) is 0 Å². The van der Waals surface area contributed by atoms with Crippen molar-refractivity contribution >= 4 is 22.6 Å². The molecule has 0 aliphatic rings. The molecule has 0 radical (unpaired) electrons. The molecule has 0 saturated heterocycles. The molecule has 2 aromatic carbocycles. The van der Waals surface area contributed by atoms with Gasteiger partial charge in [-0.2, -0.15) is 13.2 Å². The number of nitrogens with zero attached hydrogens (tertiary/aromatic N) is 1. The van der Waals surface area contributed by atoms with Crippen LogP contribution in [0.1, 0.15) is 5.56 Å². The molecular weight excluding hydrogens is 308 g/mol. The van der Waals surface area contributed by atoms with Crippen LogP contribution in [0.5, 0.6) is 0 Å². The minimum Gasteiger partial charge on any atom is -0.338 e. The lowest BCUT2D eigenvalue weighted by molar-refractivity contribution is -0.137. The molecule has 21 heavy (non-hydrogen) atoms. The summed E-state index contributed by atoms with van der Waals surface area (Å²) >= 11 is 5.82. The number of aromatic amines is 1. The van der Waals surface area contributed by atoms with Crippen LogP contribution in [0.25, 0.3) is 22.4 Å². The molecule has 0 unspecified atom stereocenters. The van der Waals surface area contributed by atoms with E-state index in [0.717, 1.165) is 12.1 Å². The number of rotatable bonds is 1. The normalized spacial score (nSPS) is 12.0. The van der Waals surface area contributed by atoms with E-state index >= 15 is 0 Å². The molecular formula is C14H7ClF4N2. The maximum atomic E-state index is 13.8. The standard InChI is InChI=1S/C14H7ClF4N2/c15-8-2-4-11-12(6-8)21-13(20-11)9-5-7(14(17,18)19)1-3-10(9)16/h1-6H,(H,20,21). The predicted octanol–water partition coefficient (Wildman–Crippen LogP) is 5.04. The number of benzene rings is 2. The Hall–Kier alpha value is -2.08. The average molecular weight is 315 g/mol. The number of alkyl halides is 3. The molecule has 1 N–H and O–H groups in total. The van der Waals surface area contributed by atoms with Gasteiger partial charge in [0, 0.05) is 5.02 Å². The molecule has 0 spiro atoms. The second-order valence-electron chi connectivity index (χ2n) is 4.44. The van der Waals surface area contributed by atoms with Crippen molar-refractivity contribution in [3.63, 3.8) is 0 Å². The van der Waals surface area contributed by atoms with Gasteiger partial charge >= 0.3 is 6.18 Å². The smallest absolute Gasteiger partial charge is 0.338 e. The summed E-state index contributed by atoms with van der Waals surface area (Å²) in [5.74, 6) is -0.760. The van der Waals surface area contributed by atoms with E-state index in [9.17, 15) is 17.6 Å². The predicted molar refractivity (Wildman–Crippen MR) is 71.5 cm³/mol. The summed E-state index contributed by atoms with van der Waals surface area (Å²) in [7, 11) is 0. The topological polar surface area (TPSA) is 28.7 Å². The first-order valence-electron chi connectivity index (χ1n) is 5.87. The van der Waals surface area contributed by atoms with Crippen molar-refractivity contribution in [3.8, 4) is 11.4 Å². The third kappa shape index (κ3) is 2.58. The highest BCUT2D eigenvalue weighted by atomic mass is 35.5. The van der Waals surface area contributed by atoms with E-state index in [0.29, 0.717) is 22.1 Å². The lowest BCUT2D eigenvalue weighted by Gasteiger charge is -2.08. The number of hydrogen-bond acceptors (Lipinski definition) is 1. The van der Waals surface area contributed by atoms with Gasteiger partial charge in [0.1, 0.15) is 11.6 Å². The molecule has 3 rings (SSSR count). The SMILES string of the molecule is Fc1ccc(C(F)(F)F)cc1-c1nc2ccc(Cl)cc2[nH]1. The Balaban J connectivity index is 2.17. The van der Waals surface area contributed by atoms with Gasteiger partial charge in [-0.05, 0) is 36.4 Å². The van der Waals surface area contributed by atoms with Gasteiger partial charge in [0.05, 0.1) is 22.2 Å². The van der Waals surface area contributed by atoms with Gasteiger partial charge in [-0.15, -0.1) is 0 Å². The van der Waals surface area contributed by atoms with E-state index in [4.69, 9.17) is 11.6 Å². The van der Waals surface area contributed by atoms with Crippen LogP contribution >= 0.6 is 11.6 Å². The summed E-state index contributed by atoms with van der Waals surface area (Å²) in [6, 6.07) is 6.96. The van der Waals surface area contributed by atoms with Gasteiger partial charge in [-0.1, -0.05) is 11.6 Å².